The van der Waals surface area contributed by atoms with Gasteiger partial charge < -0.3 is 16.0 Å². The van der Waals surface area contributed by atoms with Crippen molar-refractivity contribution in [2.45, 2.75) is 64.0 Å². The molecule has 1 saturated heterocycles. The average molecular weight is 357 g/mol. The molecule has 2 fully saturated rings. The predicted molar refractivity (Wildman–Crippen MR) is 103 cm³/mol. The average Bonchev–Trinajstić information content (AvgIpc) is 2.62. The van der Waals surface area contributed by atoms with Gasteiger partial charge in [0.15, 0.2) is 0 Å². The van der Waals surface area contributed by atoms with Gasteiger partial charge in [-0.3, -0.25) is 9.59 Å². The van der Waals surface area contributed by atoms with Crippen LogP contribution in [0.1, 0.15) is 61.4 Å². The van der Waals surface area contributed by atoms with Crippen LogP contribution in [0.4, 0.5) is 0 Å². The highest BCUT2D eigenvalue weighted by Gasteiger charge is 2.40. The Balaban J connectivity index is 1.53. The first-order valence-corrected chi connectivity index (χ1v) is 9.82. The second-order valence-corrected chi connectivity index (χ2v) is 8.19. The molecule has 5 nitrogen and oxygen atoms in total. The number of hydrogen-bond acceptors (Lipinski definition) is 3. The fraction of sp³-hybridized carbons (Fsp3) is 0.619. The van der Waals surface area contributed by atoms with Crippen molar-refractivity contribution in [1.82, 2.24) is 10.2 Å². The molecule has 0 spiro atoms. The Morgan fingerprint density at radius 1 is 1.15 bits per heavy atom. The van der Waals surface area contributed by atoms with Crippen molar-refractivity contribution in [3.8, 4) is 0 Å². The van der Waals surface area contributed by atoms with Gasteiger partial charge in [0, 0.05) is 30.2 Å². The molecule has 2 amide bonds. The summed E-state index contributed by atoms with van der Waals surface area (Å²) in [6.45, 7) is 5.36. The number of piperidine rings is 1. The quantitative estimate of drug-likeness (QED) is 0.873. The number of benzene rings is 1. The lowest BCUT2D eigenvalue weighted by Gasteiger charge is -2.41. The molecule has 3 rings (SSSR count). The van der Waals surface area contributed by atoms with Crippen molar-refractivity contribution in [2.75, 3.05) is 13.1 Å². The highest BCUT2D eigenvalue weighted by Crippen LogP contribution is 2.33. The molecule has 26 heavy (non-hydrogen) atoms. The second kappa shape index (κ2) is 7.78. The van der Waals surface area contributed by atoms with Gasteiger partial charge in [-0.1, -0.05) is 31.0 Å². The van der Waals surface area contributed by atoms with Gasteiger partial charge in [-0.2, -0.15) is 0 Å². The van der Waals surface area contributed by atoms with E-state index in [0.717, 1.165) is 49.7 Å². The van der Waals surface area contributed by atoms with E-state index in [0.29, 0.717) is 13.1 Å². The van der Waals surface area contributed by atoms with Crippen molar-refractivity contribution in [2.24, 2.45) is 11.7 Å². The van der Waals surface area contributed by atoms with E-state index in [1.165, 1.54) is 0 Å². The summed E-state index contributed by atoms with van der Waals surface area (Å²) in [4.78, 5) is 27.4. The number of nitrogens with one attached hydrogen (secondary N) is 1. The van der Waals surface area contributed by atoms with Gasteiger partial charge >= 0.3 is 0 Å². The number of amides is 2. The van der Waals surface area contributed by atoms with Gasteiger partial charge in [0.25, 0.3) is 5.91 Å². The Labute approximate surface area is 156 Å². The Bertz CT molecular complexity index is 663. The fourth-order valence-electron chi connectivity index (χ4n) is 4.32. The second-order valence-electron chi connectivity index (χ2n) is 8.19. The van der Waals surface area contributed by atoms with E-state index in [1.54, 1.807) is 0 Å². The minimum absolute atomic E-state index is 0.0188. The number of nitrogens with two attached hydrogens (primary N) is 1. The van der Waals surface area contributed by atoms with Gasteiger partial charge in [0.05, 0.1) is 5.92 Å². The van der Waals surface area contributed by atoms with Crippen LogP contribution in [0.2, 0.25) is 0 Å². The van der Waals surface area contributed by atoms with Crippen LogP contribution in [0.15, 0.2) is 24.3 Å². The van der Waals surface area contributed by atoms with E-state index in [-0.39, 0.29) is 29.3 Å². The highest BCUT2D eigenvalue weighted by atomic mass is 16.2. The van der Waals surface area contributed by atoms with Crippen LogP contribution < -0.4 is 11.1 Å². The molecule has 1 saturated carbocycles. The molecule has 0 radical (unpaired) electrons. The zero-order valence-corrected chi connectivity index (χ0v) is 16.0. The van der Waals surface area contributed by atoms with Crippen LogP contribution in [-0.2, 0) is 4.79 Å². The molecule has 1 aromatic carbocycles. The van der Waals surface area contributed by atoms with Crippen molar-refractivity contribution in [3.63, 3.8) is 0 Å². The standard InChI is InChI=1S/C21H31N3O2/c1-15-7-3-4-8-17(15)19(25)23-16-10-13-24(14-11-16)20(26)18-9-5-6-12-21(18,2)22/h3-4,7-8,16,18H,5-6,9-14,22H2,1-2H3,(H,23,25). The third-order valence-electron chi connectivity index (χ3n) is 6.08. The molecule has 2 unspecified atom stereocenters. The smallest absolute Gasteiger partial charge is 0.251 e. The Kier molecular flexibility index (Phi) is 5.66. The van der Waals surface area contributed by atoms with E-state index in [4.69, 9.17) is 5.73 Å². The highest BCUT2D eigenvalue weighted by molar-refractivity contribution is 5.95. The maximum absolute atomic E-state index is 12.9. The largest absolute Gasteiger partial charge is 0.349 e. The number of hydrogen-bond donors (Lipinski definition) is 2. The molecule has 2 atom stereocenters. The van der Waals surface area contributed by atoms with Gasteiger partial charge in [-0.25, -0.2) is 0 Å². The Morgan fingerprint density at radius 3 is 2.50 bits per heavy atom. The number of carbonyl (C=O) groups excluding carboxylic acids is 2. The van der Waals surface area contributed by atoms with Gasteiger partial charge in [-0.15, -0.1) is 0 Å². The zero-order chi connectivity index (χ0) is 18.7. The molecule has 1 heterocycles. The summed E-state index contributed by atoms with van der Waals surface area (Å²) in [7, 11) is 0. The summed E-state index contributed by atoms with van der Waals surface area (Å²) in [6, 6.07) is 7.75. The van der Waals surface area contributed by atoms with Crippen LogP contribution >= 0.6 is 0 Å². The van der Waals surface area contributed by atoms with Crippen molar-refractivity contribution in [1.29, 1.82) is 0 Å². The molecule has 0 bridgehead atoms. The molecular formula is C21H31N3O2. The topological polar surface area (TPSA) is 75.4 Å². The van der Waals surface area contributed by atoms with Crippen molar-refractivity contribution < 1.29 is 9.59 Å². The van der Waals surface area contributed by atoms with Crippen LogP contribution in [0.5, 0.6) is 0 Å². The lowest BCUT2D eigenvalue weighted by molar-refractivity contribution is -0.140. The first-order valence-electron chi connectivity index (χ1n) is 9.82. The van der Waals surface area contributed by atoms with Crippen molar-refractivity contribution >= 4 is 11.8 Å². The van der Waals surface area contributed by atoms with Gasteiger partial charge in [0.1, 0.15) is 0 Å². The SMILES string of the molecule is Cc1ccccc1C(=O)NC1CCN(C(=O)C2CCCCC2(C)N)CC1. The summed E-state index contributed by atoms with van der Waals surface area (Å²) >= 11 is 0. The third-order valence-corrected chi connectivity index (χ3v) is 6.08. The fourth-order valence-corrected chi connectivity index (χ4v) is 4.32. The molecule has 1 aliphatic heterocycles. The molecule has 1 aromatic rings. The summed E-state index contributed by atoms with van der Waals surface area (Å²) in [6.07, 6.45) is 5.63. The molecule has 0 aromatic heterocycles. The molecule has 3 N–H and O–H groups in total. The summed E-state index contributed by atoms with van der Waals surface area (Å²) < 4.78 is 0. The van der Waals surface area contributed by atoms with Crippen LogP contribution in [0.25, 0.3) is 0 Å². The summed E-state index contributed by atoms with van der Waals surface area (Å²) in [5, 5.41) is 3.13. The van der Waals surface area contributed by atoms with Crippen LogP contribution in [-0.4, -0.2) is 41.4 Å². The first kappa shape index (κ1) is 18.9. The van der Waals surface area contributed by atoms with E-state index in [9.17, 15) is 9.59 Å². The number of nitrogens with zero attached hydrogens (tertiary/aromatic N) is 1. The lowest BCUT2D eigenvalue weighted by Crippen LogP contribution is -2.56. The molecule has 5 heteroatoms. The van der Waals surface area contributed by atoms with Crippen LogP contribution in [0.3, 0.4) is 0 Å². The lowest BCUT2D eigenvalue weighted by atomic mass is 9.74. The predicted octanol–water partition coefficient (Wildman–Crippen LogP) is 2.62. The minimum Gasteiger partial charge on any atom is -0.349 e. The Hall–Kier alpha value is -1.88. The summed E-state index contributed by atoms with van der Waals surface area (Å²) in [5.74, 6) is 0.127. The van der Waals surface area contributed by atoms with Crippen molar-refractivity contribution in [3.05, 3.63) is 35.4 Å². The van der Waals surface area contributed by atoms with E-state index < -0.39 is 0 Å². The number of carbonyl (C=O) groups is 2. The van der Waals surface area contributed by atoms with Gasteiger partial charge in [-0.05, 0) is 51.2 Å². The molecule has 1 aliphatic carbocycles. The van der Waals surface area contributed by atoms with Gasteiger partial charge in [0.2, 0.25) is 5.91 Å². The molecule has 142 valence electrons. The Morgan fingerprint density at radius 2 is 1.85 bits per heavy atom. The maximum Gasteiger partial charge on any atom is 0.251 e. The van der Waals surface area contributed by atoms with E-state index in [1.807, 2.05) is 43.0 Å². The first-order chi connectivity index (χ1) is 12.4. The molecular weight excluding hydrogens is 326 g/mol. The maximum atomic E-state index is 12.9. The number of aryl methyl sites for hydroxylation is 1. The minimum atomic E-state index is -0.384. The third kappa shape index (κ3) is 4.09. The number of rotatable bonds is 3. The summed E-state index contributed by atoms with van der Waals surface area (Å²) in [5.41, 5.74) is 7.73. The van der Waals surface area contributed by atoms with E-state index >= 15 is 0 Å². The number of likely N-dealkylation sites (tertiary alicyclic amines) is 1. The normalized spacial score (nSPS) is 27.2. The molecule has 2 aliphatic rings. The zero-order valence-electron chi connectivity index (χ0n) is 16.0. The van der Waals surface area contributed by atoms with E-state index in [2.05, 4.69) is 5.32 Å². The monoisotopic (exact) mass is 357 g/mol. The van der Waals surface area contributed by atoms with Crippen LogP contribution in [0, 0.1) is 12.8 Å².